The predicted molar refractivity (Wildman–Crippen MR) is 75.5 cm³/mol. The van der Waals surface area contributed by atoms with Crippen molar-refractivity contribution in [2.45, 2.75) is 11.1 Å². The van der Waals surface area contributed by atoms with Crippen molar-refractivity contribution in [1.29, 1.82) is 0 Å². The summed E-state index contributed by atoms with van der Waals surface area (Å²) in [4.78, 5) is 3.50. The molecule has 0 spiro atoms. The first-order chi connectivity index (χ1) is 9.82. The highest BCUT2D eigenvalue weighted by molar-refractivity contribution is 7.84. The van der Waals surface area contributed by atoms with E-state index in [1.54, 1.807) is 24.3 Å². The molecule has 2 nitrogen and oxygen atoms in total. The van der Waals surface area contributed by atoms with E-state index in [9.17, 15) is 17.4 Å². The molecule has 2 aromatic carbocycles. The summed E-state index contributed by atoms with van der Waals surface area (Å²) in [5.41, 5.74) is -0.426. The minimum Gasteiger partial charge on any atom is -0.255 e. The van der Waals surface area contributed by atoms with E-state index in [2.05, 4.69) is 4.85 Å². The summed E-state index contributed by atoms with van der Waals surface area (Å²) >= 11 is 0. The monoisotopic (exact) mass is 309 g/mol. The maximum absolute atomic E-state index is 12.9. The maximum Gasteiger partial charge on any atom is 0.407 e. The van der Waals surface area contributed by atoms with Gasteiger partial charge < -0.3 is 0 Å². The van der Waals surface area contributed by atoms with Crippen LogP contribution in [0.3, 0.4) is 0 Å². The van der Waals surface area contributed by atoms with Gasteiger partial charge in [-0.3, -0.25) is 4.21 Å². The first-order valence-electron chi connectivity index (χ1n) is 5.85. The Bertz CT molecular complexity index is 730. The van der Waals surface area contributed by atoms with Gasteiger partial charge in [0, 0.05) is 22.0 Å². The quantitative estimate of drug-likeness (QED) is 0.739. The second-order valence-electron chi connectivity index (χ2n) is 4.32. The Morgan fingerprint density at radius 2 is 1.62 bits per heavy atom. The van der Waals surface area contributed by atoms with Crippen LogP contribution in [-0.4, -0.2) is 10.5 Å². The van der Waals surface area contributed by atoms with E-state index in [0.717, 1.165) is 12.1 Å². The van der Waals surface area contributed by atoms with Crippen molar-refractivity contribution in [3.63, 3.8) is 0 Å². The molecular weight excluding hydrogens is 299 g/mol. The normalized spacial score (nSPS) is 12.7. The van der Waals surface area contributed by atoms with Crippen molar-refractivity contribution in [1.82, 2.24) is 0 Å². The van der Waals surface area contributed by atoms with Gasteiger partial charge in [-0.1, -0.05) is 30.3 Å². The second-order valence-corrected chi connectivity index (χ2v) is 5.70. The molecule has 0 N–H and O–H groups in total. The third-order valence-corrected chi connectivity index (χ3v) is 3.88. The predicted octanol–water partition coefficient (Wildman–Crippen LogP) is 4.66. The molecule has 0 saturated carbocycles. The Morgan fingerprint density at radius 1 is 1.05 bits per heavy atom. The fourth-order valence-corrected chi connectivity index (χ4v) is 2.40. The molecule has 0 aromatic heterocycles. The summed E-state index contributed by atoms with van der Waals surface area (Å²) in [6.45, 7) is 6.81. The van der Waals surface area contributed by atoms with Crippen LogP contribution in [0, 0.1) is 6.57 Å². The van der Waals surface area contributed by atoms with Crippen LogP contribution >= 0.6 is 0 Å². The van der Waals surface area contributed by atoms with Crippen LogP contribution in [0.25, 0.3) is 16.0 Å². The van der Waals surface area contributed by atoms with Gasteiger partial charge in [-0.15, -0.1) is 0 Å². The van der Waals surface area contributed by atoms with Crippen molar-refractivity contribution in [3.8, 4) is 11.1 Å². The smallest absolute Gasteiger partial charge is 0.255 e. The number of halogens is 3. The van der Waals surface area contributed by atoms with Gasteiger partial charge in [0.1, 0.15) is 0 Å². The lowest BCUT2D eigenvalue weighted by atomic mass is 10.0. The summed E-state index contributed by atoms with van der Waals surface area (Å²) in [6, 6.07) is 10.1. The summed E-state index contributed by atoms with van der Waals surface area (Å²) in [7, 11) is -1.14. The van der Waals surface area contributed by atoms with Crippen LogP contribution in [0.15, 0.2) is 47.4 Å². The molecule has 2 aromatic rings. The minimum atomic E-state index is -4.57. The van der Waals surface area contributed by atoms with Gasteiger partial charge >= 0.3 is 6.18 Å². The molecule has 0 fully saturated rings. The lowest BCUT2D eigenvalue weighted by molar-refractivity contribution is -0.136. The highest BCUT2D eigenvalue weighted by Crippen LogP contribution is 2.38. The van der Waals surface area contributed by atoms with Crippen LogP contribution in [0.5, 0.6) is 0 Å². The van der Waals surface area contributed by atoms with E-state index in [4.69, 9.17) is 6.57 Å². The van der Waals surface area contributed by atoms with Crippen LogP contribution in [0.2, 0.25) is 0 Å². The average Bonchev–Trinajstić information content (AvgIpc) is 2.45. The molecular formula is C15H10F3NOS. The van der Waals surface area contributed by atoms with Crippen LogP contribution < -0.4 is 0 Å². The number of nitrogens with zero attached hydrogens (tertiary/aromatic N) is 1. The lowest BCUT2D eigenvalue weighted by Gasteiger charge is -2.11. The van der Waals surface area contributed by atoms with Crippen LogP contribution in [0.1, 0.15) is 5.56 Å². The van der Waals surface area contributed by atoms with Crippen molar-refractivity contribution in [3.05, 3.63) is 59.4 Å². The number of rotatable bonds is 2. The third-order valence-electron chi connectivity index (χ3n) is 2.94. The minimum absolute atomic E-state index is 0.364. The molecule has 0 aliphatic carbocycles. The van der Waals surface area contributed by atoms with E-state index in [1.165, 1.54) is 12.3 Å². The van der Waals surface area contributed by atoms with Gasteiger partial charge in [0.2, 0.25) is 0 Å². The standard InChI is InChI=1S/C15H10F3NOS/c1-19-14-8-5-11(9-13(14)15(16,17)18)10-3-6-12(7-4-10)21(2)20/h3-9H,2H3. The molecule has 108 valence electrons. The SMILES string of the molecule is [C-]#[N+]c1ccc(-c2ccc(S(C)=O)cc2)cc1C(F)(F)F. The lowest BCUT2D eigenvalue weighted by Crippen LogP contribution is -2.05. The van der Waals surface area contributed by atoms with E-state index >= 15 is 0 Å². The molecule has 21 heavy (non-hydrogen) atoms. The van der Waals surface area contributed by atoms with Gasteiger partial charge in [-0.25, -0.2) is 4.85 Å². The van der Waals surface area contributed by atoms with E-state index < -0.39 is 28.2 Å². The fourth-order valence-electron chi connectivity index (χ4n) is 1.88. The zero-order valence-electron chi connectivity index (χ0n) is 10.9. The zero-order chi connectivity index (χ0) is 15.6. The Balaban J connectivity index is 2.50. The topological polar surface area (TPSA) is 21.4 Å². The van der Waals surface area contributed by atoms with E-state index in [0.29, 0.717) is 16.0 Å². The zero-order valence-corrected chi connectivity index (χ0v) is 11.8. The summed E-state index contributed by atoms with van der Waals surface area (Å²) < 4.78 is 50.0. The Hall–Kier alpha value is -2.13. The Morgan fingerprint density at radius 3 is 2.10 bits per heavy atom. The number of hydrogen-bond acceptors (Lipinski definition) is 1. The summed E-state index contributed by atoms with van der Waals surface area (Å²) in [5, 5.41) is 0. The molecule has 2 rings (SSSR count). The van der Waals surface area contributed by atoms with Gasteiger partial charge in [-0.2, -0.15) is 13.2 Å². The molecule has 1 atom stereocenters. The largest absolute Gasteiger partial charge is 0.407 e. The highest BCUT2D eigenvalue weighted by Gasteiger charge is 2.33. The number of alkyl halides is 3. The van der Waals surface area contributed by atoms with E-state index in [-0.39, 0.29) is 0 Å². The van der Waals surface area contributed by atoms with Crippen molar-refractivity contribution in [2.24, 2.45) is 0 Å². The Labute approximate surface area is 122 Å². The molecule has 6 heteroatoms. The second kappa shape index (κ2) is 5.70. The third kappa shape index (κ3) is 3.31. The Kier molecular flexibility index (Phi) is 4.14. The van der Waals surface area contributed by atoms with Crippen LogP contribution in [-0.2, 0) is 17.0 Å². The van der Waals surface area contributed by atoms with Gasteiger partial charge in [0.15, 0.2) is 5.69 Å². The fraction of sp³-hybridized carbons (Fsp3) is 0.133. The first kappa shape index (κ1) is 15.3. The van der Waals surface area contributed by atoms with Crippen molar-refractivity contribution in [2.75, 3.05) is 6.26 Å². The van der Waals surface area contributed by atoms with Gasteiger partial charge in [-0.05, 0) is 23.3 Å². The molecule has 0 aliphatic rings. The van der Waals surface area contributed by atoms with Crippen molar-refractivity contribution >= 4 is 16.5 Å². The van der Waals surface area contributed by atoms with Gasteiger partial charge in [0.05, 0.1) is 12.1 Å². The summed E-state index contributed by atoms with van der Waals surface area (Å²) in [6.07, 6.45) is -3.04. The summed E-state index contributed by atoms with van der Waals surface area (Å²) in [5.74, 6) is 0. The highest BCUT2D eigenvalue weighted by atomic mass is 32.2. The molecule has 0 heterocycles. The molecule has 0 bridgehead atoms. The molecule has 0 saturated heterocycles. The molecule has 0 amide bonds. The molecule has 0 aliphatic heterocycles. The average molecular weight is 309 g/mol. The molecule has 1 unspecified atom stereocenters. The number of hydrogen-bond donors (Lipinski definition) is 0. The van der Waals surface area contributed by atoms with E-state index in [1.807, 2.05) is 0 Å². The maximum atomic E-state index is 12.9. The van der Waals surface area contributed by atoms with Crippen LogP contribution in [0.4, 0.5) is 18.9 Å². The number of benzene rings is 2. The molecule has 0 radical (unpaired) electrons. The van der Waals surface area contributed by atoms with Crippen molar-refractivity contribution < 1.29 is 17.4 Å². The first-order valence-corrected chi connectivity index (χ1v) is 7.41. The van der Waals surface area contributed by atoms with Gasteiger partial charge in [0.25, 0.3) is 0 Å².